The number of amides is 2. The fourth-order valence-corrected chi connectivity index (χ4v) is 4.45. The first-order chi connectivity index (χ1) is 12.5. The second-order valence-corrected chi connectivity index (χ2v) is 8.30. The van der Waals surface area contributed by atoms with Crippen LogP contribution in [0.25, 0.3) is 0 Å². The van der Waals surface area contributed by atoms with Crippen LogP contribution in [0.3, 0.4) is 0 Å². The number of hydrogen-bond acceptors (Lipinski definition) is 4. The highest BCUT2D eigenvalue weighted by Crippen LogP contribution is 2.35. The molecular weight excluding hydrogens is 330 g/mol. The van der Waals surface area contributed by atoms with E-state index in [-0.39, 0.29) is 17.4 Å². The summed E-state index contributed by atoms with van der Waals surface area (Å²) < 4.78 is 5.32. The number of hydrogen-bond donors (Lipinski definition) is 0. The molecule has 3 heterocycles. The van der Waals surface area contributed by atoms with E-state index in [1.807, 2.05) is 11.8 Å². The lowest BCUT2D eigenvalue weighted by molar-refractivity contribution is -0.130. The largest absolute Gasteiger partial charge is 0.469 e. The molecule has 2 saturated heterocycles. The van der Waals surface area contributed by atoms with E-state index in [0.717, 1.165) is 44.9 Å². The normalized spacial score (nSPS) is 27.8. The lowest BCUT2D eigenvalue weighted by atomic mass is 9.86. The Bertz CT molecular complexity index is 696. The van der Waals surface area contributed by atoms with Gasteiger partial charge in [0, 0.05) is 44.7 Å². The van der Waals surface area contributed by atoms with E-state index in [9.17, 15) is 9.59 Å². The Hall–Kier alpha value is -1.82. The highest BCUT2D eigenvalue weighted by Gasteiger charge is 2.44. The minimum absolute atomic E-state index is 0.0501. The van der Waals surface area contributed by atoms with Crippen molar-refractivity contribution in [2.24, 2.45) is 5.92 Å². The van der Waals surface area contributed by atoms with Gasteiger partial charge < -0.3 is 14.2 Å². The Labute approximate surface area is 155 Å². The van der Waals surface area contributed by atoms with Crippen LogP contribution in [0.4, 0.5) is 0 Å². The molecule has 1 spiro atoms. The molecule has 0 bridgehead atoms. The third-order valence-corrected chi connectivity index (χ3v) is 6.56. The Morgan fingerprint density at radius 1 is 1.27 bits per heavy atom. The van der Waals surface area contributed by atoms with E-state index in [1.54, 1.807) is 12.3 Å². The average molecular weight is 359 g/mol. The van der Waals surface area contributed by atoms with Crippen molar-refractivity contribution in [1.29, 1.82) is 0 Å². The second-order valence-electron chi connectivity index (χ2n) is 8.30. The molecule has 3 fully saturated rings. The fourth-order valence-electron chi connectivity index (χ4n) is 4.45. The van der Waals surface area contributed by atoms with Gasteiger partial charge in [-0.2, -0.15) is 0 Å². The van der Waals surface area contributed by atoms with Gasteiger partial charge in [-0.05, 0) is 51.6 Å². The van der Waals surface area contributed by atoms with Crippen LogP contribution in [0.15, 0.2) is 16.7 Å². The van der Waals surface area contributed by atoms with Crippen LogP contribution < -0.4 is 0 Å². The van der Waals surface area contributed by atoms with Crippen LogP contribution in [-0.4, -0.2) is 71.8 Å². The first kappa shape index (κ1) is 17.6. The standard InChI is InChI=1S/C20H29N3O3/c1-15-17(6-12-26-15)19(25)23-11-10-21(2)20(14-23)7-5-18(24)22(9-8-20)13-16-3-4-16/h6,12,16H,3-5,7-11,13-14H2,1-2H3/t20-/m1/s1. The number of furan rings is 1. The summed E-state index contributed by atoms with van der Waals surface area (Å²) in [6.07, 6.45) is 6.47. The highest BCUT2D eigenvalue weighted by molar-refractivity contribution is 5.95. The number of aryl methyl sites for hydroxylation is 1. The zero-order chi connectivity index (χ0) is 18.3. The maximum Gasteiger partial charge on any atom is 0.257 e. The molecule has 2 aliphatic heterocycles. The predicted octanol–water partition coefficient (Wildman–Crippen LogP) is 2.14. The molecule has 1 aromatic heterocycles. The third kappa shape index (κ3) is 3.27. The molecule has 0 unspecified atom stereocenters. The fraction of sp³-hybridized carbons (Fsp3) is 0.700. The van der Waals surface area contributed by atoms with Crippen molar-refractivity contribution in [2.45, 2.75) is 44.6 Å². The van der Waals surface area contributed by atoms with E-state index in [4.69, 9.17) is 4.42 Å². The number of likely N-dealkylation sites (N-methyl/N-ethyl adjacent to an activating group) is 1. The summed E-state index contributed by atoms with van der Waals surface area (Å²) in [5, 5.41) is 0. The Morgan fingerprint density at radius 3 is 2.77 bits per heavy atom. The van der Waals surface area contributed by atoms with Gasteiger partial charge in [-0.25, -0.2) is 0 Å². The van der Waals surface area contributed by atoms with Crippen LogP contribution >= 0.6 is 0 Å². The topological polar surface area (TPSA) is 57.0 Å². The number of likely N-dealkylation sites (tertiary alicyclic amines) is 1. The van der Waals surface area contributed by atoms with Crippen LogP contribution in [-0.2, 0) is 4.79 Å². The van der Waals surface area contributed by atoms with E-state index >= 15 is 0 Å². The number of nitrogens with zero attached hydrogens (tertiary/aromatic N) is 3. The van der Waals surface area contributed by atoms with Gasteiger partial charge in [0.25, 0.3) is 5.91 Å². The lowest BCUT2D eigenvalue weighted by Gasteiger charge is -2.49. The minimum atomic E-state index is -0.0977. The number of piperazine rings is 1. The van der Waals surface area contributed by atoms with Crippen molar-refractivity contribution in [3.8, 4) is 0 Å². The monoisotopic (exact) mass is 359 g/mol. The molecule has 1 aliphatic carbocycles. The molecule has 0 aromatic carbocycles. The van der Waals surface area contributed by atoms with E-state index in [2.05, 4.69) is 16.8 Å². The van der Waals surface area contributed by atoms with Gasteiger partial charge in [-0.1, -0.05) is 0 Å². The summed E-state index contributed by atoms with van der Waals surface area (Å²) in [6.45, 7) is 5.83. The van der Waals surface area contributed by atoms with Crippen molar-refractivity contribution in [2.75, 3.05) is 39.8 Å². The van der Waals surface area contributed by atoms with Crippen molar-refractivity contribution < 1.29 is 14.0 Å². The lowest BCUT2D eigenvalue weighted by Crippen LogP contribution is -2.62. The number of rotatable bonds is 3. The van der Waals surface area contributed by atoms with Crippen LogP contribution in [0, 0.1) is 12.8 Å². The van der Waals surface area contributed by atoms with Gasteiger partial charge in [-0.15, -0.1) is 0 Å². The van der Waals surface area contributed by atoms with Crippen molar-refractivity contribution in [1.82, 2.24) is 14.7 Å². The van der Waals surface area contributed by atoms with Crippen LogP contribution in [0.1, 0.15) is 48.2 Å². The molecule has 2 amide bonds. The van der Waals surface area contributed by atoms with Crippen LogP contribution in [0.2, 0.25) is 0 Å². The summed E-state index contributed by atoms with van der Waals surface area (Å²) in [4.78, 5) is 31.9. The summed E-state index contributed by atoms with van der Waals surface area (Å²) >= 11 is 0. The van der Waals surface area contributed by atoms with Gasteiger partial charge in [-0.3, -0.25) is 14.5 Å². The summed E-state index contributed by atoms with van der Waals surface area (Å²) in [5.74, 6) is 1.74. The smallest absolute Gasteiger partial charge is 0.257 e. The second kappa shape index (κ2) is 6.72. The highest BCUT2D eigenvalue weighted by atomic mass is 16.3. The summed E-state index contributed by atoms with van der Waals surface area (Å²) in [5.41, 5.74) is 0.559. The molecule has 6 heteroatoms. The molecule has 0 N–H and O–H groups in total. The first-order valence-electron chi connectivity index (χ1n) is 9.81. The SMILES string of the molecule is Cc1occc1C(=O)N1CCN(C)[C@@]2(CCC(=O)N(CC3CC3)CC2)C1. The predicted molar refractivity (Wildman–Crippen MR) is 97.9 cm³/mol. The Balaban J connectivity index is 1.49. The Kier molecular flexibility index (Phi) is 4.55. The van der Waals surface area contributed by atoms with Gasteiger partial charge >= 0.3 is 0 Å². The number of carbonyl (C=O) groups excluding carboxylic acids is 2. The summed E-state index contributed by atoms with van der Waals surface area (Å²) in [7, 11) is 2.14. The van der Waals surface area contributed by atoms with Gasteiger partial charge in [0.1, 0.15) is 5.76 Å². The van der Waals surface area contributed by atoms with Crippen LogP contribution in [0.5, 0.6) is 0 Å². The van der Waals surface area contributed by atoms with Gasteiger partial charge in [0.2, 0.25) is 5.91 Å². The van der Waals surface area contributed by atoms with Gasteiger partial charge in [0.15, 0.2) is 0 Å². The van der Waals surface area contributed by atoms with Gasteiger partial charge in [0.05, 0.1) is 11.8 Å². The Morgan fingerprint density at radius 2 is 2.08 bits per heavy atom. The molecule has 26 heavy (non-hydrogen) atoms. The van der Waals surface area contributed by atoms with E-state index in [1.165, 1.54) is 12.8 Å². The molecule has 142 valence electrons. The van der Waals surface area contributed by atoms with Crippen molar-refractivity contribution in [3.63, 3.8) is 0 Å². The quantitative estimate of drug-likeness (QED) is 0.830. The maximum atomic E-state index is 13.0. The third-order valence-electron chi connectivity index (χ3n) is 6.56. The molecule has 1 saturated carbocycles. The molecule has 6 nitrogen and oxygen atoms in total. The molecule has 4 rings (SSSR count). The zero-order valence-electron chi connectivity index (χ0n) is 15.9. The average Bonchev–Trinajstić information content (AvgIpc) is 3.38. The zero-order valence-corrected chi connectivity index (χ0v) is 15.9. The molecule has 0 radical (unpaired) electrons. The molecule has 1 atom stereocenters. The molecule has 3 aliphatic rings. The summed E-state index contributed by atoms with van der Waals surface area (Å²) in [6, 6.07) is 1.76. The first-order valence-corrected chi connectivity index (χ1v) is 9.81. The number of carbonyl (C=O) groups is 2. The van der Waals surface area contributed by atoms with Crippen molar-refractivity contribution in [3.05, 3.63) is 23.7 Å². The van der Waals surface area contributed by atoms with Crippen molar-refractivity contribution >= 4 is 11.8 Å². The van der Waals surface area contributed by atoms with E-state index in [0.29, 0.717) is 24.3 Å². The maximum absolute atomic E-state index is 13.0. The van der Waals surface area contributed by atoms with E-state index < -0.39 is 0 Å². The minimum Gasteiger partial charge on any atom is -0.469 e. The molecule has 1 aromatic rings. The molecular formula is C20H29N3O3.